The molecule has 5 heteroatoms. The quantitative estimate of drug-likeness (QED) is 0.920. The second kappa shape index (κ2) is 6.16. The van der Waals surface area contributed by atoms with Crippen LogP contribution in [0.15, 0.2) is 42.7 Å². The molecule has 1 amide bonds. The Hall–Kier alpha value is -2.14. The molecule has 0 bridgehead atoms. The summed E-state index contributed by atoms with van der Waals surface area (Å²) in [6.45, 7) is 1.77. The fourth-order valence-corrected chi connectivity index (χ4v) is 3.24. The molecule has 1 aliphatic heterocycles. The predicted octanol–water partition coefficient (Wildman–Crippen LogP) is 2.12. The molecule has 1 saturated heterocycles. The van der Waals surface area contributed by atoms with Gasteiger partial charge in [0.25, 0.3) is 0 Å². The van der Waals surface area contributed by atoms with Gasteiger partial charge in [-0.25, -0.2) is 4.68 Å². The Morgan fingerprint density at radius 2 is 2.04 bits per heavy atom. The maximum absolute atomic E-state index is 12.3. The summed E-state index contributed by atoms with van der Waals surface area (Å²) in [7, 11) is 0. The number of benzene rings is 1. The number of aromatic nitrogens is 2. The van der Waals surface area contributed by atoms with E-state index in [0.29, 0.717) is 6.04 Å². The molecule has 1 N–H and O–H groups in total. The second-order valence-electron chi connectivity index (χ2n) is 6.54. The Bertz CT molecular complexity index is 677. The van der Waals surface area contributed by atoms with E-state index < -0.39 is 0 Å². The molecule has 1 aromatic heterocycles. The van der Waals surface area contributed by atoms with Gasteiger partial charge >= 0.3 is 0 Å². The van der Waals surface area contributed by atoms with Crippen molar-refractivity contribution in [3.8, 4) is 5.69 Å². The zero-order valence-corrected chi connectivity index (χ0v) is 13.2. The number of likely N-dealkylation sites (tertiary alicyclic amines) is 1. The molecule has 2 aromatic rings. The lowest BCUT2D eigenvalue weighted by atomic mass is 10.2. The lowest BCUT2D eigenvalue weighted by Crippen LogP contribution is -2.43. The van der Waals surface area contributed by atoms with Crippen LogP contribution in [0.25, 0.3) is 5.69 Å². The molecule has 2 aliphatic rings. The van der Waals surface area contributed by atoms with Crippen molar-refractivity contribution < 1.29 is 4.79 Å². The van der Waals surface area contributed by atoms with Crippen LogP contribution in [0, 0.1) is 0 Å². The predicted molar refractivity (Wildman–Crippen MR) is 88.2 cm³/mol. The molecule has 4 rings (SSSR count). The standard InChI is InChI=1S/C18H22N4O/c23-18(20-15-8-9-15)17-7-4-10-21(17)12-14-11-19-22(13-14)16-5-2-1-3-6-16/h1-3,5-6,11,13,15,17H,4,7-10,12H2,(H,20,23). The minimum Gasteiger partial charge on any atom is -0.352 e. The fourth-order valence-electron chi connectivity index (χ4n) is 3.24. The summed E-state index contributed by atoms with van der Waals surface area (Å²) in [6.07, 6.45) is 8.30. The van der Waals surface area contributed by atoms with Crippen molar-refractivity contribution in [2.75, 3.05) is 6.54 Å². The normalized spacial score (nSPS) is 21.5. The van der Waals surface area contributed by atoms with E-state index in [1.807, 2.05) is 41.2 Å². The summed E-state index contributed by atoms with van der Waals surface area (Å²) in [5.41, 5.74) is 2.21. The first-order valence-corrected chi connectivity index (χ1v) is 8.43. The van der Waals surface area contributed by atoms with Crippen LogP contribution in [0.1, 0.15) is 31.2 Å². The van der Waals surface area contributed by atoms with Gasteiger partial charge in [0.2, 0.25) is 5.91 Å². The van der Waals surface area contributed by atoms with Gasteiger partial charge in [-0.2, -0.15) is 5.10 Å². The Labute approximate surface area is 136 Å². The first-order chi connectivity index (χ1) is 11.3. The molecular formula is C18H22N4O. The average molecular weight is 310 g/mol. The highest BCUT2D eigenvalue weighted by Gasteiger charge is 2.33. The smallest absolute Gasteiger partial charge is 0.237 e. The lowest BCUT2D eigenvalue weighted by Gasteiger charge is -2.23. The number of nitrogens with one attached hydrogen (secondary N) is 1. The SMILES string of the molecule is O=C(NC1CC1)C1CCCN1Cc1cnn(-c2ccccc2)c1. The number of para-hydroxylation sites is 1. The van der Waals surface area contributed by atoms with Crippen molar-refractivity contribution in [1.82, 2.24) is 20.0 Å². The van der Waals surface area contributed by atoms with E-state index in [2.05, 4.69) is 21.5 Å². The van der Waals surface area contributed by atoms with Crippen molar-refractivity contribution in [3.05, 3.63) is 48.3 Å². The summed E-state index contributed by atoms with van der Waals surface area (Å²) in [5, 5.41) is 7.59. The number of rotatable bonds is 5. The molecule has 120 valence electrons. The molecule has 2 heterocycles. The van der Waals surface area contributed by atoms with Gasteiger partial charge in [0, 0.05) is 24.3 Å². The van der Waals surface area contributed by atoms with Crippen LogP contribution >= 0.6 is 0 Å². The maximum Gasteiger partial charge on any atom is 0.237 e. The van der Waals surface area contributed by atoms with Gasteiger partial charge < -0.3 is 5.32 Å². The van der Waals surface area contributed by atoms with Gasteiger partial charge in [-0.3, -0.25) is 9.69 Å². The largest absolute Gasteiger partial charge is 0.352 e. The van der Waals surface area contributed by atoms with Gasteiger partial charge in [-0.05, 0) is 44.4 Å². The van der Waals surface area contributed by atoms with Crippen molar-refractivity contribution >= 4 is 5.91 Å². The van der Waals surface area contributed by atoms with Crippen LogP contribution in [0.4, 0.5) is 0 Å². The number of carbonyl (C=O) groups is 1. The first kappa shape index (κ1) is 14.5. The van der Waals surface area contributed by atoms with Crippen molar-refractivity contribution in [2.45, 2.75) is 44.3 Å². The molecule has 1 saturated carbocycles. The molecule has 2 fully saturated rings. The summed E-state index contributed by atoms with van der Waals surface area (Å²) < 4.78 is 1.89. The molecule has 1 atom stereocenters. The van der Waals surface area contributed by atoms with E-state index in [1.54, 1.807) is 0 Å². The van der Waals surface area contributed by atoms with Gasteiger partial charge in [0.15, 0.2) is 0 Å². The molecule has 0 spiro atoms. The number of hydrogen-bond donors (Lipinski definition) is 1. The van der Waals surface area contributed by atoms with E-state index >= 15 is 0 Å². The third kappa shape index (κ3) is 3.29. The molecule has 5 nitrogen and oxygen atoms in total. The highest BCUT2D eigenvalue weighted by atomic mass is 16.2. The first-order valence-electron chi connectivity index (χ1n) is 8.43. The topological polar surface area (TPSA) is 50.2 Å². The van der Waals surface area contributed by atoms with Gasteiger partial charge in [0.1, 0.15) is 0 Å². The third-order valence-corrected chi connectivity index (χ3v) is 4.63. The zero-order valence-electron chi connectivity index (χ0n) is 13.2. The fraction of sp³-hybridized carbons (Fsp3) is 0.444. The zero-order chi connectivity index (χ0) is 15.6. The lowest BCUT2D eigenvalue weighted by molar-refractivity contribution is -0.125. The van der Waals surface area contributed by atoms with Crippen LogP contribution in [0.2, 0.25) is 0 Å². The molecular weight excluding hydrogens is 288 g/mol. The van der Waals surface area contributed by atoms with E-state index in [1.165, 1.54) is 0 Å². The van der Waals surface area contributed by atoms with E-state index in [9.17, 15) is 4.79 Å². The number of carbonyl (C=O) groups excluding carboxylic acids is 1. The Morgan fingerprint density at radius 3 is 2.83 bits per heavy atom. The minimum absolute atomic E-state index is 0.0238. The Morgan fingerprint density at radius 1 is 1.22 bits per heavy atom. The third-order valence-electron chi connectivity index (χ3n) is 4.63. The second-order valence-corrected chi connectivity index (χ2v) is 6.54. The van der Waals surface area contributed by atoms with Gasteiger partial charge in [-0.15, -0.1) is 0 Å². The molecule has 0 radical (unpaired) electrons. The molecule has 1 unspecified atom stereocenters. The Balaban J connectivity index is 1.43. The van der Waals surface area contributed by atoms with Crippen molar-refractivity contribution in [2.24, 2.45) is 0 Å². The van der Waals surface area contributed by atoms with Crippen molar-refractivity contribution in [1.29, 1.82) is 0 Å². The van der Waals surface area contributed by atoms with Crippen LogP contribution in [-0.4, -0.2) is 39.2 Å². The number of hydrogen-bond acceptors (Lipinski definition) is 3. The van der Waals surface area contributed by atoms with Gasteiger partial charge in [0.05, 0.1) is 17.9 Å². The van der Waals surface area contributed by atoms with Crippen LogP contribution in [-0.2, 0) is 11.3 Å². The monoisotopic (exact) mass is 310 g/mol. The van der Waals surface area contributed by atoms with Crippen LogP contribution < -0.4 is 5.32 Å². The average Bonchev–Trinajstić information content (AvgIpc) is 3.09. The molecule has 1 aromatic carbocycles. The Kier molecular flexibility index (Phi) is 3.87. The molecule has 23 heavy (non-hydrogen) atoms. The van der Waals surface area contributed by atoms with Crippen LogP contribution in [0.5, 0.6) is 0 Å². The summed E-state index contributed by atoms with van der Waals surface area (Å²) in [5.74, 6) is 0.209. The van der Waals surface area contributed by atoms with Gasteiger partial charge in [-0.1, -0.05) is 18.2 Å². The van der Waals surface area contributed by atoms with E-state index in [-0.39, 0.29) is 11.9 Å². The maximum atomic E-state index is 12.3. The summed E-state index contributed by atoms with van der Waals surface area (Å²) in [4.78, 5) is 14.6. The summed E-state index contributed by atoms with van der Waals surface area (Å²) >= 11 is 0. The highest BCUT2D eigenvalue weighted by Crippen LogP contribution is 2.23. The van der Waals surface area contributed by atoms with Crippen molar-refractivity contribution in [3.63, 3.8) is 0 Å². The number of nitrogens with zero attached hydrogens (tertiary/aromatic N) is 3. The van der Waals surface area contributed by atoms with E-state index in [4.69, 9.17) is 0 Å². The van der Waals surface area contributed by atoms with Crippen LogP contribution in [0.3, 0.4) is 0 Å². The highest BCUT2D eigenvalue weighted by molar-refractivity contribution is 5.82. The number of amides is 1. The summed E-state index contributed by atoms with van der Waals surface area (Å²) in [6, 6.07) is 10.6. The van der Waals surface area contributed by atoms with E-state index in [0.717, 1.165) is 50.0 Å². The minimum atomic E-state index is 0.0238. The molecule has 1 aliphatic carbocycles.